The van der Waals surface area contributed by atoms with Gasteiger partial charge in [0.15, 0.2) is 5.76 Å². The normalized spacial score (nSPS) is 11.2. The third kappa shape index (κ3) is 4.36. The molecular formula is C18H13Br3N2O3. The van der Waals surface area contributed by atoms with E-state index in [0.29, 0.717) is 17.9 Å². The Morgan fingerprint density at radius 3 is 2.77 bits per heavy atom. The molecule has 1 heterocycles. The van der Waals surface area contributed by atoms with Crippen LogP contribution in [0.3, 0.4) is 0 Å². The van der Waals surface area contributed by atoms with Gasteiger partial charge in [0.2, 0.25) is 0 Å². The largest absolute Gasteiger partial charge is 0.493 e. The monoisotopic (exact) mass is 542 g/mol. The van der Waals surface area contributed by atoms with Gasteiger partial charge >= 0.3 is 5.91 Å². The summed E-state index contributed by atoms with van der Waals surface area (Å²) in [5.74, 6) is 0.426. The number of rotatable bonds is 5. The molecule has 0 spiro atoms. The maximum Gasteiger partial charge on any atom is 0.307 e. The highest BCUT2D eigenvalue weighted by atomic mass is 79.9. The van der Waals surface area contributed by atoms with E-state index in [1.54, 1.807) is 6.07 Å². The van der Waals surface area contributed by atoms with Crippen molar-refractivity contribution >= 4 is 70.9 Å². The molecule has 8 heteroatoms. The predicted octanol–water partition coefficient (Wildman–Crippen LogP) is 5.88. The molecule has 0 fully saturated rings. The van der Waals surface area contributed by atoms with Gasteiger partial charge in [0.25, 0.3) is 0 Å². The second-order valence-electron chi connectivity index (χ2n) is 5.23. The molecule has 0 radical (unpaired) electrons. The number of furan rings is 1. The third-order valence-electron chi connectivity index (χ3n) is 3.40. The molecule has 2 aromatic carbocycles. The fourth-order valence-corrected chi connectivity index (χ4v) is 4.03. The number of halogens is 3. The number of carbonyl (C=O) groups is 1. The van der Waals surface area contributed by atoms with E-state index in [-0.39, 0.29) is 5.76 Å². The van der Waals surface area contributed by atoms with Gasteiger partial charge in [-0.15, -0.1) is 0 Å². The van der Waals surface area contributed by atoms with Crippen LogP contribution in [-0.2, 0) is 0 Å². The lowest BCUT2D eigenvalue weighted by Gasteiger charge is -2.06. The van der Waals surface area contributed by atoms with Crippen LogP contribution in [-0.4, -0.2) is 18.7 Å². The van der Waals surface area contributed by atoms with E-state index in [2.05, 4.69) is 58.3 Å². The van der Waals surface area contributed by atoms with Crippen molar-refractivity contribution in [2.24, 2.45) is 5.10 Å². The van der Waals surface area contributed by atoms with Crippen molar-refractivity contribution in [1.82, 2.24) is 5.43 Å². The van der Waals surface area contributed by atoms with Gasteiger partial charge in [-0.1, -0.05) is 31.9 Å². The highest BCUT2D eigenvalue weighted by molar-refractivity contribution is 9.11. The Balaban J connectivity index is 1.78. The first-order valence-corrected chi connectivity index (χ1v) is 10.00. The molecule has 0 atom stereocenters. The zero-order chi connectivity index (χ0) is 18.7. The molecule has 26 heavy (non-hydrogen) atoms. The van der Waals surface area contributed by atoms with Crippen molar-refractivity contribution in [3.63, 3.8) is 0 Å². The van der Waals surface area contributed by atoms with Crippen molar-refractivity contribution in [3.05, 3.63) is 61.1 Å². The zero-order valence-electron chi connectivity index (χ0n) is 13.6. The van der Waals surface area contributed by atoms with Crippen LogP contribution in [0.4, 0.5) is 0 Å². The topological polar surface area (TPSA) is 63.8 Å². The van der Waals surface area contributed by atoms with Crippen LogP contribution in [0.2, 0.25) is 0 Å². The van der Waals surface area contributed by atoms with E-state index in [1.165, 1.54) is 6.21 Å². The maximum atomic E-state index is 12.3. The number of hydrazone groups is 1. The lowest BCUT2D eigenvalue weighted by Crippen LogP contribution is -2.16. The first-order chi connectivity index (χ1) is 12.5. The summed E-state index contributed by atoms with van der Waals surface area (Å²) < 4.78 is 13.7. The van der Waals surface area contributed by atoms with E-state index in [9.17, 15) is 4.79 Å². The Bertz CT molecular complexity index is 999. The number of benzene rings is 2. The molecule has 0 aliphatic heterocycles. The molecule has 0 unspecified atom stereocenters. The van der Waals surface area contributed by atoms with Crippen molar-refractivity contribution < 1.29 is 13.9 Å². The summed E-state index contributed by atoms with van der Waals surface area (Å²) in [5.41, 5.74) is 3.82. The summed E-state index contributed by atoms with van der Waals surface area (Å²) in [6.07, 6.45) is 1.53. The van der Waals surface area contributed by atoms with E-state index in [1.807, 2.05) is 37.3 Å². The average molecular weight is 545 g/mol. The van der Waals surface area contributed by atoms with Crippen LogP contribution in [0.5, 0.6) is 5.75 Å². The lowest BCUT2D eigenvalue weighted by atomic mass is 10.2. The minimum absolute atomic E-state index is 0.176. The quantitative estimate of drug-likeness (QED) is 0.322. The van der Waals surface area contributed by atoms with Gasteiger partial charge in [0, 0.05) is 19.9 Å². The van der Waals surface area contributed by atoms with Gasteiger partial charge in [-0.2, -0.15) is 5.10 Å². The number of hydrogen-bond donors (Lipinski definition) is 1. The molecule has 0 saturated heterocycles. The summed E-state index contributed by atoms with van der Waals surface area (Å²) in [7, 11) is 0. The molecule has 0 saturated carbocycles. The second kappa shape index (κ2) is 8.37. The van der Waals surface area contributed by atoms with Crippen LogP contribution in [0.15, 0.2) is 59.3 Å². The molecule has 5 nitrogen and oxygen atoms in total. The van der Waals surface area contributed by atoms with Gasteiger partial charge in [0.1, 0.15) is 11.3 Å². The van der Waals surface area contributed by atoms with Crippen LogP contribution in [0.1, 0.15) is 23.0 Å². The van der Waals surface area contributed by atoms with Crippen molar-refractivity contribution in [1.29, 1.82) is 0 Å². The lowest BCUT2D eigenvalue weighted by molar-refractivity contribution is 0.0929. The summed E-state index contributed by atoms with van der Waals surface area (Å²) in [6, 6.07) is 11.0. The minimum Gasteiger partial charge on any atom is -0.493 e. The fraction of sp³-hybridized carbons (Fsp3) is 0.111. The minimum atomic E-state index is -0.437. The Hall–Kier alpha value is -1.64. The summed E-state index contributed by atoms with van der Waals surface area (Å²) in [4.78, 5) is 12.3. The SMILES string of the molecule is CCOc1ccc(Br)cc1/C=N\NC(=O)c1cc2cc(Br)cc(Br)c2o1. The number of nitrogens with one attached hydrogen (secondary N) is 1. The van der Waals surface area contributed by atoms with Crippen LogP contribution in [0.25, 0.3) is 11.0 Å². The van der Waals surface area contributed by atoms with Crippen molar-refractivity contribution in [2.75, 3.05) is 6.61 Å². The number of fused-ring (bicyclic) bond motifs is 1. The molecule has 0 aliphatic carbocycles. The van der Waals surface area contributed by atoms with Crippen LogP contribution in [0, 0.1) is 0 Å². The first kappa shape index (κ1) is 19.1. The standard InChI is InChI=1S/C18H13Br3N2O3/c1-2-25-15-4-3-12(19)6-11(15)9-22-23-18(24)16-7-10-5-13(20)8-14(21)17(10)26-16/h3-9H,2H2,1H3,(H,23,24)/b22-9-. The summed E-state index contributed by atoms with van der Waals surface area (Å²) >= 11 is 10.2. The van der Waals surface area contributed by atoms with Gasteiger partial charge in [-0.05, 0) is 59.3 Å². The van der Waals surface area contributed by atoms with Gasteiger partial charge in [0.05, 0.1) is 17.3 Å². The summed E-state index contributed by atoms with van der Waals surface area (Å²) in [6.45, 7) is 2.45. The second-order valence-corrected chi connectivity index (χ2v) is 7.92. The molecule has 0 bridgehead atoms. The van der Waals surface area contributed by atoms with E-state index in [4.69, 9.17) is 9.15 Å². The van der Waals surface area contributed by atoms with Crippen LogP contribution < -0.4 is 10.2 Å². The molecule has 134 valence electrons. The zero-order valence-corrected chi connectivity index (χ0v) is 18.3. The Morgan fingerprint density at radius 1 is 1.19 bits per heavy atom. The highest BCUT2D eigenvalue weighted by Crippen LogP contribution is 2.31. The highest BCUT2D eigenvalue weighted by Gasteiger charge is 2.14. The molecule has 3 rings (SSSR count). The average Bonchev–Trinajstić information content (AvgIpc) is 3.01. The number of amides is 1. The molecule has 3 aromatic rings. The van der Waals surface area contributed by atoms with Crippen molar-refractivity contribution in [2.45, 2.75) is 6.92 Å². The van der Waals surface area contributed by atoms with Gasteiger partial charge < -0.3 is 9.15 Å². The van der Waals surface area contributed by atoms with Crippen LogP contribution >= 0.6 is 47.8 Å². The third-order valence-corrected chi connectivity index (χ3v) is 4.94. The Labute approximate surface area is 175 Å². The number of carbonyl (C=O) groups excluding carboxylic acids is 1. The fourth-order valence-electron chi connectivity index (χ4n) is 2.31. The number of nitrogens with zero attached hydrogens (tertiary/aromatic N) is 1. The number of hydrogen-bond acceptors (Lipinski definition) is 4. The van der Waals surface area contributed by atoms with Gasteiger partial charge in [-0.25, -0.2) is 5.43 Å². The number of ether oxygens (including phenoxy) is 1. The molecule has 1 N–H and O–H groups in total. The molecule has 0 aliphatic rings. The van der Waals surface area contributed by atoms with Crippen molar-refractivity contribution in [3.8, 4) is 5.75 Å². The van der Waals surface area contributed by atoms with E-state index < -0.39 is 5.91 Å². The molecule has 1 amide bonds. The predicted molar refractivity (Wildman–Crippen MR) is 112 cm³/mol. The first-order valence-electron chi connectivity index (χ1n) is 7.62. The smallest absolute Gasteiger partial charge is 0.307 e. The molecule has 1 aromatic heterocycles. The van der Waals surface area contributed by atoms with E-state index >= 15 is 0 Å². The van der Waals surface area contributed by atoms with Gasteiger partial charge in [-0.3, -0.25) is 4.79 Å². The summed E-state index contributed by atoms with van der Waals surface area (Å²) in [5, 5.41) is 4.82. The Morgan fingerprint density at radius 2 is 2.00 bits per heavy atom. The molecular weight excluding hydrogens is 532 g/mol. The van der Waals surface area contributed by atoms with E-state index in [0.717, 1.165) is 24.4 Å². The Kier molecular flexibility index (Phi) is 6.16. The maximum absolute atomic E-state index is 12.3.